The summed E-state index contributed by atoms with van der Waals surface area (Å²) >= 11 is 1.48. The Labute approximate surface area is 202 Å². The highest BCUT2D eigenvalue weighted by molar-refractivity contribution is 7.17. The Hall–Kier alpha value is -3.51. The summed E-state index contributed by atoms with van der Waals surface area (Å²) in [6, 6.07) is 17.8. The molecule has 0 fully saturated rings. The number of hydrogen-bond donors (Lipinski definition) is 1. The van der Waals surface area contributed by atoms with E-state index in [1.165, 1.54) is 24.0 Å². The zero-order valence-corrected chi connectivity index (χ0v) is 20.3. The molecular formula is C28H26N2O3S. The second kappa shape index (κ2) is 9.03. The number of benzene rings is 2. The molecule has 0 atom stereocenters. The van der Waals surface area contributed by atoms with E-state index in [4.69, 9.17) is 9.72 Å². The molecule has 1 N–H and O–H groups in total. The minimum absolute atomic E-state index is 0.260. The van der Waals surface area contributed by atoms with Crippen LogP contribution in [0.3, 0.4) is 0 Å². The van der Waals surface area contributed by atoms with Gasteiger partial charge in [0.25, 0.3) is 5.91 Å². The number of para-hydroxylation sites is 1. The molecule has 0 bridgehead atoms. The lowest BCUT2D eigenvalue weighted by Gasteiger charge is -2.12. The van der Waals surface area contributed by atoms with Gasteiger partial charge in [0.15, 0.2) is 0 Å². The van der Waals surface area contributed by atoms with Crippen LogP contribution in [0.1, 0.15) is 62.9 Å². The third kappa shape index (κ3) is 3.99. The molecule has 0 saturated heterocycles. The first-order chi connectivity index (χ1) is 16.5. The SMILES string of the molecule is COC(=O)c1c(NC(=O)c2cc(-c3ccc(C(C)C)cc3)nc3ccccc23)sc2c1CCC2. The molecule has 0 radical (unpaired) electrons. The van der Waals surface area contributed by atoms with Gasteiger partial charge in [-0.1, -0.05) is 56.3 Å². The van der Waals surface area contributed by atoms with E-state index in [0.717, 1.165) is 51.9 Å². The molecule has 0 spiro atoms. The number of ether oxygens (including phenoxy) is 1. The first kappa shape index (κ1) is 22.3. The van der Waals surface area contributed by atoms with E-state index in [1.807, 2.05) is 42.5 Å². The zero-order chi connectivity index (χ0) is 23.8. The Balaban J connectivity index is 1.56. The number of aryl methyl sites for hydroxylation is 1. The van der Waals surface area contributed by atoms with E-state index in [9.17, 15) is 9.59 Å². The smallest absolute Gasteiger partial charge is 0.341 e. The number of esters is 1. The summed E-state index contributed by atoms with van der Waals surface area (Å²) in [4.78, 5) is 32.1. The quantitative estimate of drug-likeness (QED) is 0.333. The molecule has 2 heterocycles. The van der Waals surface area contributed by atoms with Gasteiger partial charge in [-0.2, -0.15) is 0 Å². The second-order valence-electron chi connectivity index (χ2n) is 8.86. The van der Waals surface area contributed by atoms with Crippen molar-refractivity contribution >= 4 is 39.1 Å². The number of thiophene rings is 1. The summed E-state index contributed by atoms with van der Waals surface area (Å²) in [7, 11) is 1.38. The number of fused-ring (bicyclic) bond motifs is 2. The highest BCUT2D eigenvalue weighted by atomic mass is 32.1. The molecule has 0 aliphatic heterocycles. The summed E-state index contributed by atoms with van der Waals surface area (Å²) in [5.74, 6) is -0.222. The number of amides is 1. The van der Waals surface area contributed by atoms with Crippen molar-refractivity contribution in [3.05, 3.63) is 81.7 Å². The molecule has 2 aromatic heterocycles. The lowest BCUT2D eigenvalue weighted by molar-refractivity contribution is 0.0601. The van der Waals surface area contributed by atoms with E-state index in [2.05, 4.69) is 31.3 Å². The number of methoxy groups -OCH3 is 1. The van der Waals surface area contributed by atoms with Crippen molar-refractivity contribution in [3.63, 3.8) is 0 Å². The van der Waals surface area contributed by atoms with Gasteiger partial charge < -0.3 is 10.1 Å². The maximum atomic E-state index is 13.6. The first-order valence-electron chi connectivity index (χ1n) is 11.5. The minimum atomic E-state index is -0.403. The molecule has 34 heavy (non-hydrogen) atoms. The number of hydrogen-bond acceptors (Lipinski definition) is 5. The minimum Gasteiger partial charge on any atom is -0.465 e. The van der Waals surface area contributed by atoms with E-state index in [0.29, 0.717) is 22.0 Å². The normalized spacial score (nSPS) is 12.7. The summed E-state index contributed by atoms with van der Waals surface area (Å²) in [6.07, 6.45) is 2.78. The molecule has 2 aromatic carbocycles. The van der Waals surface area contributed by atoms with Crippen molar-refractivity contribution in [1.82, 2.24) is 4.98 Å². The first-order valence-corrected chi connectivity index (χ1v) is 12.3. The Kier molecular flexibility index (Phi) is 5.92. The number of nitrogens with one attached hydrogen (secondary N) is 1. The number of carbonyl (C=O) groups excluding carboxylic acids is 2. The highest BCUT2D eigenvalue weighted by Gasteiger charge is 2.28. The molecule has 1 aliphatic carbocycles. The number of nitrogens with zero attached hydrogens (tertiary/aromatic N) is 1. The van der Waals surface area contributed by atoms with E-state index in [1.54, 1.807) is 0 Å². The van der Waals surface area contributed by atoms with Crippen LogP contribution in [0.25, 0.3) is 22.2 Å². The van der Waals surface area contributed by atoms with Gasteiger partial charge in [-0.3, -0.25) is 4.79 Å². The molecule has 6 heteroatoms. The summed E-state index contributed by atoms with van der Waals surface area (Å²) in [6.45, 7) is 4.32. The van der Waals surface area contributed by atoms with Crippen molar-refractivity contribution in [2.75, 3.05) is 12.4 Å². The number of aromatic nitrogens is 1. The van der Waals surface area contributed by atoms with E-state index < -0.39 is 5.97 Å². The van der Waals surface area contributed by atoms with Crippen molar-refractivity contribution in [2.24, 2.45) is 0 Å². The molecule has 1 amide bonds. The van der Waals surface area contributed by atoms with Gasteiger partial charge in [-0.15, -0.1) is 11.3 Å². The molecule has 5 rings (SSSR count). The Bertz CT molecular complexity index is 1400. The average Bonchev–Trinajstić information content (AvgIpc) is 3.43. The van der Waals surface area contributed by atoms with Crippen molar-refractivity contribution in [3.8, 4) is 11.3 Å². The van der Waals surface area contributed by atoms with Crippen LogP contribution in [0.4, 0.5) is 5.00 Å². The fourth-order valence-electron chi connectivity index (χ4n) is 4.53. The zero-order valence-electron chi connectivity index (χ0n) is 19.5. The lowest BCUT2D eigenvalue weighted by atomic mass is 9.99. The number of anilines is 1. The van der Waals surface area contributed by atoms with Gasteiger partial charge in [-0.05, 0) is 48.4 Å². The largest absolute Gasteiger partial charge is 0.465 e. The molecule has 4 aromatic rings. The van der Waals surface area contributed by atoms with Crippen molar-refractivity contribution < 1.29 is 14.3 Å². The van der Waals surface area contributed by atoms with Crippen LogP contribution in [0.2, 0.25) is 0 Å². The predicted molar refractivity (Wildman–Crippen MR) is 137 cm³/mol. The van der Waals surface area contributed by atoms with Gasteiger partial charge in [0.1, 0.15) is 5.00 Å². The third-order valence-corrected chi connectivity index (χ3v) is 7.58. The van der Waals surface area contributed by atoms with Crippen LogP contribution in [-0.4, -0.2) is 24.0 Å². The summed E-state index contributed by atoms with van der Waals surface area (Å²) < 4.78 is 5.03. The molecule has 0 unspecified atom stereocenters. The summed E-state index contributed by atoms with van der Waals surface area (Å²) in [5.41, 5.74) is 5.73. The van der Waals surface area contributed by atoms with Gasteiger partial charge in [0, 0.05) is 15.8 Å². The van der Waals surface area contributed by atoms with Gasteiger partial charge in [0.05, 0.1) is 29.4 Å². The van der Waals surface area contributed by atoms with Gasteiger partial charge in [0.2, 0.25) is 0 Å². The predicted octanol–water partition coefficient (Wildman–Crippen LogP) is 6.61. The maximum absolute atomic E-state index is 13.6. The molecule has 1 aliphatic rings. The van der Waals surface area contributed by atoms with Crippen LogP contribution in [0.15, 0.2) is 54.6 Å². The Morgan fingerprint density at radius 1 is 1.06 bits per heavy atom. The topological polar surface area (TPSA) is 68.3 Å². The number of carbonyl (C=O) groups is 2. The molecule has 5 nitrogen and oxygen atoms in total. The fourth-order valence-corrected chi connectivity index (χ4v) is 5.80. The second-order valence-corrected chi connectivity index (χ2v) is 9.96. The summed E-state index contributed by atoms with van der Waals surface area (Å²) in [5, 5.41) is 4.35. The third-order valence-electron chi connectivity index (χ3n) is 6.37. The maximum Gasteiger partial charge on any atom is 0.341 e. The molecular weight excluding hydrogens is 444 g/mol. The Morgan fingerprint density at radius 2 is 1.82 bits per heavy atom. The standard InChI is InChI=1S/C28H26N2O3S/c1-16(2)17-11-13-18(14-12-17)23-15-21(19-7-4-5-9-22(19)29-23)26(31)30-27-25(28(32)33-3)20-8-6-10-24(20)34-27/h4-5,7,9,11-16H,6,8,10H2,1-3H3,(H,30,31). The number of pyridine rings is 1. The van der Waals surface area contributed by atoms with Gasteiger partial charge >= 0.3 is 5.97 Å². The van der Waals surface area contributed by atoms with Crippen LogP contribution < -0.4 is 5.32 Å². The monoisotopic (exact) mass is 470 g/mol. The van der Waals surface area contributed by atoms with Crippen LogP contribution in [-0.2, 0) is 17.6 Å². The van der Waals surface area contributed by atoms with E-state index in [-0.39, 0.29) is 5.91 Å². The molecule has 0 saturated carbocycles. The van der Waals surface area contributed by atoms with E-state index >= 15 is 0 Å². The lowest BCUT2D eigenvalue weighted by Crippen LogP contribution is -2.15. The van der Waals surface area contributed by atoms with Gasteiger partial charge in [-0.25, -0.2) is 9.78 Å². The van der Waals surface area contributed by atoms with Crippen molar-refractivity contribution in [1.29, 1.82) is 0 Å². The van der Waals surface area contributed by atoms with Crippen LogP contribution in [0.5, 0.6) is 0 Å². The number of rotatable bonds is 5. The van der Waals surface area contributed by atoms with Crippen LogP contribution >= 0.6 is 11.3 Å². The highest BCUT2D eigenvalue weighted by Crippen LogP contribution is 2.40. The van der Waals surface area contributed by atoms with Crippen LogP contribution in [0, 0.1) is 0 Å². The fraction of sp³-hybridized carbons (Fsp3) is 0.250. The Morgan fingerprint density at radius 3 is 2.56 bits per heavy atom. The van der Waals surface area contributed by atoms with Crippen molar-refractivity contribution in [2.45, 2.75) is 39.0 Å². The average molecular weight is 471 g/mol. The molecule has 172 valence electrons.